The van der Waals surface area contributed by atoms with Crippen molar-refractivity contribution in [3.05, 3.63) is 56.1 Å². The molecule has 0 aliphatic heterocycles. The standard InChI is InChI=1S/C17H16ClNO6/c1-9-7-13(23-2)16(24-3)17(25-4)14(9)15(20)11-8-10(19(21)22)5-6-12(11)18/h5-8H,1-4H3. The zero-order valence-corrected chi connectivity index (χ0v) is 14.8. The summed E-state index contributed by atoms with van der Waals surface area (Å²) >= 11 is 6.09. The molecule has 0 heterocycles. The van der Waals surface area contributed by atoms with Gasteiger partial charge in [-0.25, -0.2) is 0 Å². The summed E-state index contributed by atoms with van der Waals surface area (Å²) in [4.78, 5) is 23.4. The Morgan fingerprint density at radius 2 is 1.72 bits per heavy atom. The number of non-ortho nitro benzene ring substituents is 1. The van der Waals surface area contributed by atoms with E-state index in [1.54, 1.807) is 13.0 Å². The molecule has 0 amide bonds. The molecule has 0 aliphatic rings. The van der Waals surface area contributed by atoms with E-state index in [1.165, 1.54) is 33.5 Å². The molecule has 0 aliphatic carbocycles. The summed E-state index contributed by atoms with van der Waals surface area (Å²) in [5.74, 6) is 0.315. The molecule has 2 rings (SSSR count). The van der Waals surface area contributed by atoms with E-state index in [0.29, 0.717) is 11.3 Å². The number of nitrogens with zero attached hydrogens (tertiary/aromatic N) is 1. The fourth-order valence-corrected chi connectivity index (χ4v) is 2.70. The number of nitro benzene ring substituents is 1. The maximum absolute atomic E-state index is 13.0. The van der Waals surface area contributed by atoms with E-state index in [4.69, 9.17) is 25.8 Å². The van der Waals surface area contributed by atoms with Crippen molar-refractivity contribution in [2.75, 3.05) is 21.3 Å². The lowest BCUT2D eigenvalue weighted by atomic mass is 9.96. The van der Waals surface area contributed by atoms with Gasteiger partial charge in [0.25, 0.3) is 5.69 Å². The van der Waals surface area contributed by atoms with Crippen LogP contribution in [-0.4, -0.2) is 32.0 Å². The van der Waals surface area contributed by atoms with Crippen molar-refractivity contribution in [2.45, 2.75) is 6.92 Å². The molecular weight excluding hydrogens is 350 g/mol. The lowest BCUT2D eigenvalue weighted by Crippen LogP contribution is -2.09. The molecule has 0 saturated heterocycles. The number of nitro groups is 1. The van der Waals surface area contributed by atoms with Crippen LogP contribution in [0, 0.1) is 17.0 Å². The summed E-state index contributed by atoms with van der Waals surface area (Å²) in [6.45, 7) is 1.70. The smallest absolute Gasteiger partial charge is 0.270 e. The summed E-state index contributed by atoms with van der Waals surface area (Å²) in [5, 5.41) is 11.1. The molecule has 7 nitrogen and oxygen atoms in total. The van der Waals surface area contributed by atoms with E-state index in [2.05, 4.69) is 0 Å². The van der Waals surface area contributed by atoms with Gasteiger partial charge in [-0.2, -0.15) is 0 Å². The fraction of sp³-hybridized carbons (Fsp3) is 0.235. The first kappa shape index (κ1) is 18.5. The Morgan fingerprint density at radius 3 is 2.24 bits per heavy atom. The van der Waals surface area contributed by atoms with Crippen molar-refractivity contribution in [3.63, 3.8) is 0 Å². The van der Waals surface area contributed by atoms with E-state index >= 15 is 0 Å². The van der Waals surface area contributed by atoms with E-state index in [1.807, 2.05) is 0 Å². The highest BCUT2D eigenvalue weighted by Crippen LogP contribution is 2.43. The summed E-state index contributed by atoms with van der Waals surface area (Å²) in [6, 6.07) is 5.31. The first-order chi connectivity index (χ1) is 11.8. The van der Waals surface area contributed by atoms with Gasteiger partial charge in [-0.05, 0) is 24.6 Å². The highest BCUT2D eigenvalue weighted by atomic mass is 35.5. The van der Waals surface area contributed by atoms with Crippen LogP contribution in [0.25, 0.3) is 0 Å². The molecular formula is C17H16ClNO6. The van der Waals surface area contributed by atoms with Crippen LogP contribution in [0.5, 0.6) is 17.2 Å². The van der Waals surface area contributed by atoms with Gasteiger partial charge in [-0.15, -0.1) is 0 Å². The second kappa shape index (κ2) is 7.40. The van der Waals surface area contributed by atoms with Crippen molar-refractivity contribution >= 4 is 23.1 Å². The number of carbonyl (C=O) groups excluding carboxylic acids is 1. The van der Waals surface area contributed by atoms with E-state index in [-0.39, 0.29) is 33.3 Å². The molecule has 0 bridgehead atoms. The van der Waals surface area contributed by atoms with E-state index < -0.39 is 10.7 Å². The first-order valence-electron chi connectivity index (χ1n) is 7.13. The van der Waals surface area contributed by atoms with Crippen molar-refractivity contribution in [1.82, 2.24) is 0 Å². The monoisotopic (exact) mass is 365 g/mol. The van der Waals surface area contributed by atoms with Crippen LogP contribution in [0.4, 0.5) is 5.69 Å². The van der Waals surface area contributed by atoms with Gasteiger partial charge in [0, 0.05) is 17.7 Å². The molecule has 0 N–H and O–H groups in total. The number of carbonyl (C=O) groups is 1. The number of ether oxygens (including phenoxy) is 3. The first-order valence-corrected chi connectivity index (χ1v) is 7.51. The molecule has 0 fully saturated rings. The molecule has 2 aromatic rings. The highest BCUT2D eigenvalue weighted by molar-refractivity contribution is 6.35. The summed E-state index contributed by atoms with van der Waals surface area (Å²) < 4.78 is 15.9. The highest BCUT2D eigenvalue weighted by Gasteiger charge is 2.26. The van der Waals surface area contributed by atoms with Crippen LogP contribution >= 0.6 is 11.6 Å². The van der Waals surface area contributed by atoms with Crippen molar-refractivity contribution in [3.8, 4) is 17.2 Å². The molecule has 0 aromatic heterocycles. The molecule has 0 radical (unpaired) electrons. The molecule has 2 aromatic carbocycles. The predicted octanol–water partition coefficient (Wildman–Crippen LogP) is 3.81. The number of aryl methyl sites for hydroxylation is 1. The van der Waals surface area contributed by atoms with Gasteiger partial charge < -0.3 is 14.2 Å². The minimum Gasteiger partial charge on any atom is -0.493 e. The fourth-order valence-electron chi connectivity index (χ4n) is 2.50. The van der Waals surface area contributed by atoms with Crippen LogP contribution < -0.4 is 14.2 Å². The van der Waals surface area contributed by atoms with Gasteiger partial charge in [-0.1, -0.05) is 11.6 Å². The molecule has 0 unspecified atom stereocenters. The van der Waals surface area contributed by atoms with Gasteiger partial charge >= 0.3 is 0 Å². The number of hydrogen-bond acceptors (Lipinski definition) is 6. The third-order valence-electron chi connectivity index (χ3n) is 3.66. The lowest BCUT2D eigenvalue weighted by Gasteiger charge is -2.17. The Balaban J connectivity index is 2.72. The predicted molar refractivity (Wildman–Crippen MR) is 92.4 cm³/mol. The largest absolute Gasteiger partial charge is 0.493 e. The van der Waals surface area contributed by atoms with Crippen LogP contribution in [0.3, 0.4) is 0 Å². The Labute approximate surface area is 149 Å². The Hall–Kier alpha value is -2.80. The van der Waals surface area contributed by atoms with Crippen molar-refractivity contribution in [1.29, 1.82) is 0 Å². The zero-order chi connectivity index (χ0) is 18.7. The minimum atomic E-state index is -0.591. The maximum atomic E-state index is 13.0. The Bertz CT molecular complexity index is 850. The van der Waals surface area contributed by atoms with Crippen LogP contribution in [0.2, 0.25) is 5.02 Å². The number of hydrogen-bond donors (Lipinski definition) is 0. The summed E-state index contributed by atoms with van der Waals surface area (Å²) in [5.41, 5.74) is 0.527. The number of methoxy groups -OCH3 is 3. The number of ketones is 1. The van der Waals surface area contributed by atoms with E-state index in [0.717, 1.165) is 6.07 Å². The minimum absolute atomic E-state index is 0.00415. The topological polar surface area (TPSA) is 87.9 Å². The SMILES string of the molecule is COc1cc(C)c(C(=O)c2cc([N+](=O)[O-])ccc2Cl)c(OC)c1OC. The lowest BCUT2D eigenvalue weighted by molar-refractivity contribution is -0.384. The molecule has 0 spiro atoms. The Kier molecular flexibility index (Phi) is 5.48. The van der Waals surface area contributed by atoms with Crippen molar-refractivity contribution in [2.24, 2.45) is 0 Å². The number of rotatable bonds is 6. The average Bonchev–Trinajstić information content (AvgIpc) is 2.60. The second-order valence-electron chi connectivity index (χ2n) is 5.09. The normalized spacial score (nSPS) is 10.3. The molecule has 0 atom stereocenters. The van der Waals surface area contributed by atoms with E-state index in [9.17, 15) is 14.9 Å². The molecule has 132 valence electrons. The van der Waals surface area contributed by atoms with Gasteiger partial charge in [0.05, 0.1) is 36.8 Å². The van der Waals surface area contributed by atoms with Crippen LogP contribution in [-0.2, 0) is 0 Å². The Morgan fingerprint density at radius 1 is 1.08 bits per heavy atom. The maximum Gasteiger partial charge on any atom is 0.270 e. The average molecular weight is 366 g/mol. The van der Waals surface area contributed by atoms with Gasteiger partial charge in [0.2, 0.25) is 5.75 Å². The van der Waals surface area contributed by atoms with Gasteiger partial charge in [-0.3, -0.25) is 14.9 Å². The summed E-state index contributed by atoms with van der Waals surface area (Å²) in [6.07, 6.45) is 0. The van der Waals surface area contributed by atoms with Gasteiger partial charge in [0.15, 0.2) is 17.3 Å². The second-order valence-corrected chi connectivity index (χ2v) is 5.49. The quantitative estimate of drug-likeness (QED) is 0.439. The zero-order valence-electron chi connectivity index (χ0n) is 14.1. The third kappa shape index (κ3) is 3.36. The third-order valence-corrected chi connectivity index (χ3v) is 3.99. The number of halogens is 1. The molecule has 25 heavy (non-hydrogen) atoms. The van der Waals surface area contributed by atoms with Gasteiger partial charge in [0.1, 0.15) is 0 Å². The number of benzene rings is 2. The molecule has 8 heteroatoms. The van der Waals surface area contributed by atoms with Crippen LogP contribution in [0.1, 0.15) is 21.5 Å². The van der Waals surface area contributed by atoms with Crippen LogP contribution in [0.15, 0.2) is 24.3 Å². The van der Waals surface area contributed by atoms with Crippen molar-refractivity contribution < 1.29 is 23.9 Å². The molecule has 0 saturated carbocycles. The summed E-state index contributed by atoms with van der Waals surface area (Å²) in [7, 11) is 4.28.